The van der Waals surface area contributed by atoms with Crippen molar-refractivity contribution in [3.8, 4) is 6.07 Å². The molecule has 4 heteroatoms. The summed E-state index contributed by atoms with van der Waals surface area (Å²) in [7, 11) is 0. The van der Waals surface area contributed by atoms with Crippen molar-refractivity contribution in [1.29, 1.82) is 5.26 Å². The Bertz CT molecular complexity index is 257. The van der Waals surface area contributed by atoms with Crippen LogP contribution < -0.4 is 5.32 Å². The van der Waals surface area contributed by atoms with E-state index in [-0.39, 0.29) is 0 Å². The highest BCUT2D eigenvalue weighted by atomic mass is 16.6. The van der Waals surface area contributed by atoms with Gasteiger partial charge in [-0.05, 0) is 33.6 Å². The highest BCUT2D eigenvalue weighted by Gasteiger charge is 2.29. The predicted molar refractivity (Wildman–Crippen MR) is 58.3 cm³/mol. The first-order chi connectivity index (χ1) is 6.78. The van der Waals surface area contributed by atoms with Gasteiger partial charge in [0.1, 0.15) is 11.1 Å². The van der Waals surface area contributed by atoms with Crippen LogP contribution in [0.3, 0.4) is 0 Å². The van der Waals surface area contributed by atoms with Crippen molar-refractivity contribution < 1.29 is 9.53 Å². The number of nitriles is 1. The van der Waals surface area contributed by atoms with Crippen LogP contribution in [0.4, 0.5) is 4.79 Å². The minimum absolute atomic E-state index is 0.534. The molecule has 1 amide bonds. The molecule has 0 saturated carbocycles. The zero-order chi connectivity index (χ0) is 12.1. The Morgan fingerprint density at radius 2 is 1.80 bits per heavy atom. The molecule has 0 aliphatic heterocycles. The van der Waals surface area contributed by atoms with Gasteiger partial charge in [0, 0.05) is 0 Å². The molecular weight excluding hydrogens is 192 g/mol. The zero-order valence-electron chi connectivity index (χ0n) is 10.2. The van der Waals surface area contributed by atoms with Crippen LogP contribution in [0.25, 0.3) is 0 Å². The van der Waals surface area contributed by atoms with Gasteiger partial charge >= 0.3 is 6.09 Å². The molecule has 0 fully saturated rings. The van der Waals surface area contributed by atoms with Crippen LogP contribution in [0.2, 0.25) is 0 Å². The second-order valence-corrected chi connectivity index (χ2v) is 4.53. The molecule has 0 aromatic heterocycles. The quantitative estimate of drug-likeness (QED) is 0.782. The van der Waals surface area contributed by atoms with Gasteiger partial charge in [-0.2, -0.15) is 5.26 Å². The van der Waals surface area contributed by atoms with Crippen molar-refractivity contribution in [1.82, 2.24) is 5.32 Å². The molecule has 0 rings (SSSR count). The third kappa shape index (κ3) is 4.68. The Kier molecular flexibility index (Phi) is 4.60. The smallest absolute Gasteiger partial charge is 0.408 e. The molecule has 0 bridgehead atoms. The van der Waals surface area contributed by atoms with Gasteiger partial charge in [0.15, 0.2) is 0 Å². The lowest BCUT2D eigenvalue weighted by Crippen LogP contribution is -2.48. The van der Waals surface area contributed by atoms with Crippen LogP contribution in [0.5, 0.6) is 0 Å². The summed E-state index contributed by atoms with van der Waals surface area (Å²) in [4.78, 5) is 11.5. The van der Waals surface area contributed by atoms with Crippen LogP contribution in [0.15, 0.2) is 0 Å². The van der Waals surface area contributed by atoms with Crippen molar-refractivity contribution in [3.05, 3.63) is 0 Å². The first-order valence-electron chi connectivity index (χ1n) is 5.21. The molecule has 0 atom stereocenters. The Balaban J connectivity index is 4.45. The second-order valence-electron chi connectivity index (χ2n) is 4.53. The number of rotatable bonds is 3. The fraction of sp³-hybridized carbons (Fsp3) is 0.818. The SMILES string of the molecule is CCC(C#N)(CC)NC(=O)OC(C)(C)C. The van der Waals surface area contributed by atoms with Gasteiger partial charge in [0.05, 0.1) is 6.07 Å². The van der Waals surface area contributed by atoms with E-state index in [1.165, 1.54) is 0 Å². The Morgan fingerprint density at radius 1 is 1.33 bits per heavy atom. The number of hydrogen-bond donors (Lipinski definition) is 1. The Hall–Kier alpha value is -1.24. The van der Waals surface area contributed by atoms with Crippen molar-refractivity contribution in [2.75, 3.05) is 0 Å². The monoisotopic (exact) mass is 212 g/mol. The number of hydrogen-bond acceptors (Lipinski definition) is 3. The van der Waals surface area contributed by atoms with Crippen LogP contribution >= 0.6 is 0 Å². The molecule has 0 saturated heterocycles. The van der Waals surface area contributed by atoms with Crippen molar-refractivity contribution in [2.45, 2.75) is 58.6 Å². The summed E-state index contributed by atoms with van der Waals surface area (Å²) in [6.07, 6.45) is 0.603. The van der Waals surface area contributed by atoms with E-state index < -0.39 is 17.2 Å². The lowest BCUT2D eigenvalue weighted by atomic mass is 9.95. The molecule has 15 heavy (non-hydrogen) atoms. The fourth-order valence-corrected chi connectivity index (χ4v) is 1.11. The second kappa shape index (κ2) is 5.01. The van der Waals surface area contributed by atoms with Crippen LogP contribution in [-0.2, 0) is 4.74 Å². The summed E-state index contributed by atoms with van der Waals surface area (Å²) in [5, 5.41) is 11.6. The summed E-state index contributed by atoms with van der Waals surface area (Å²) in [5.74, 6) is 0. The van der Waals surface area contributed by atoms with Gasteiger partial charge in [0.25, 0.3) is 0 Å². The van der Waals surface area contributed by atoms with Gasteiger partial charge in [-0.1, -0.05) is 13.8 Å². The minimum atomic E-state index is -0.803. The molecule has 0 radical (unpaired) electrons. The van der Waals surface area contributed by atoms with E-state index in [4.69, 9.17) is 10.00 Å². The van der Waals surface area contributed by atoms with E-state index in [1.807, 2.05) is 13.8 Å². The molecule has 0 aromatic rings. The number of nitrogens with zero attached hydrogens (tertiary/aromatic N) is 1. The maximum absolute atomic E-state index is 11.5. The van der Waals surface area contributed by atoms with E-state index in [0.717, 1.165) is 0 Å². The van der Waals surface area contributed by atoms with E-state index in [9.17, 15) is 4.79 Å². The van der Waals surface area contributed by atoms with Crippen molar-refractivity contribution >= 4 is 6.09 Å². The van der Waals surface area contributed by atoms with Gasteiger partial charge in [-0.25, -0.2) is 4.79 Å². The zero-order valence-corrected chi connectivity index (χ0v) is 10.2. The fourth-order valence-electron chi connectivity index (χ4n) is 1.11. The maximum Gasteiger partial charge on any atom is 0.408 e. The predicted octanol–water partition coefficient (Wildman–Crippen LogP) is 2.59. The van der Waals surface area contributed by atoms with Gasteiger partial charge < -0.3 is 10.1 Å². The standard InChI is InChI=1S/C11H20N2O2/c1-6-11(7-2,8-12)13-9(14)15-10(3,4)5/h6-7H2,1-5H3,(H,13,14). The first-order valence-corrected chi connectivity index (χ1v) is 5.21. The maximum atomic E-state index is 11.5. The Labute approximate surface area is 91.6 Å². The lowest BCUT2D eigenvalue weighted by Gasteiger charge is -2.27. The average Bonchev–Trinajstić information content (AvgIpc) is 2.11. The van der Waals surface area contributed by atoms with Crippen molar-refractivity contribution in [2.24, 2.45) is 0 Å². The molecule has 1 N–H and O–H groups in total. The molecule has 0 aromatic carbocycles. The average molecular weight is 212 g/mol. The topological polar surface area (TPSA) is 62.1 Å². The number of carbonyl (C=O) groups excluding carboxylic acids is 1. The largest absolute Gasteiger partial charge is 0.444 e. The number of ether oxygens (including phenoxy) is 1. The molecule has 0 aliphatic rings. The number of alkyl carbamates (subject to hydrolysis) is 1. The molecule has 4 nitrogen and oxygen atoms in total. The molecule has 0 unspecified atom stereocenters. The third-order valence-corrected chi connectivity index (χ3v) is 2.16. The molecule has 0 aliphatic carbocycles. The number of carbonyl (C=O) groups is 1. The summed E-state index contributed by atoms with van der Waals surface area (Å²) in [6.45, 7) is 9.10. The molecule has 0 heterocycles. The summed E-state index contributed by atoms with van der Waals surface area (Å²) >= 11 is 0. The van der Waals surface area contributed by atoms with Crippen LogP contribution in [0.1, 0.15) is 47.5 Å². The van der Waals surface area contributed by atoms with Crippen LogP contribution in [0, 0.1) is 11.3 Å². The normalized spacial score (nSPS) is 11.7. The molecule has 0 spiro atoms. The summed E-state index contributed by atoms with van der Waals surface area (Å²) in [5.41, 5.74) is -1.34. The van der Waals surface area contributed by atoms with Gasteiger partial charge in [-0.3, -0.25) is 0 Å². The van der Waals surface area contributed by atoms with E-state index in [1.54, 1.807) is 20.8 Å². The molecule has 86 valence electrons. The lowest BCUT2D eigenvalue weighted by molar-refractivity contribution is 0.0476. The highest BCUT2D eigenvalue weighted by molar-refractivity contribution is 5.69. The van der Waals surface area contributed by atoms with E-state index in [0.29, 0.717) is 12.8 Å². The molecular formula is C11H20N2O2. The van der Waals surface area contributed by atoms with Crippen LogP contribution in [-0.4, -0.2) is 17.2 Å². The first kappa shape index (κ1) is 13.8. The number of nitrogens with one attached hydrogen (secondary N) is 1. The minimum Gasteiger partial charge on any atom is -0.444 e. The van der Waals surface area contributed by atoms with Crippen molar-refractivity contribution in [3.63, 3.8) is 0 Å². The third-order valence-electron chi connectivity index (χ3n) is 2.16. The summed E-state index contributed by atoms with van der Waals surface area (Å²) < 4.78 is 5.10. The summed E-state index contributed by atoms with van der Waals surface area (Å²) in [6, 6.07) is 2.12. The van der Waals surface area contributed by atoms with E-state index in [2.05, 4.69) is 11.4 Å². The number of amides is 1. The van der Waals surface area contributed by atoms with Gasteiger partial charge in [0.2, 0.25) is 0 Å². The highest BCUT2D eigenvalue weighted by Crippen LogP contribution is 2.15. The van der Waals surface area contributed by atoms with E-state index >= 15 is 0 Å². The Morgan fingerprint density at radius 3 is 2.07 bits per heavy atom. The van der Waals surface area contributed by atoms with Gasteiger partial charge in [-0.15, -0.1) is 0 Å².